The number of nitrogens with two attached hydrogens (primary N) is 1. The molecule has 0 aliphatic rings. The van der Waals surface area contributed by atoms with Gasteiger partial charge in [0.15, 0.2) is 9.84 Å². The molecule has 2 atom stereocenters. The number of benzene rings is 1. The number of hydrogen-bond donors (Lipinski definition) is 1. The minimum absolute atomic E-state index is 0.0637. The summed E-state index contributed by atoms with van der Waals surface area (Å²) >= 11 is 17.3. The van der Waals surface area contributed by atoms with Crippen LogP contribution in [0.3, 0.4) is 0 Å². The van der Waals surface area contributed by atoms with Crippen LogP contribution in [0.2, 0.25) is 0 Å². The molecule has 0 fully saturated rings. The number of rotatable bonds is 6. The maximum atomic E-state index is 12.3. The number of carbonyl (C=O) groups is 1. The highest BCUT2D eigenvalue weighted by Gasteiger charge is 2.45. The molecule has 5 nitrogen and oxygen atoms in total. The van der Waals surface area contributed by atoms with Crippen LogP contribution in [-0.4, -0.2) is 36.6 Å². The molecule has 0 radical (unpaired) electrons. The third-order valence-corrected chi connectivity index (χ3v) is 5.35. The molecule has 0 aliphatic carbocycles. The highest BCUT2D eigenvalue weighted by molar-refractivity contribution is 7.91. The van der Waals surface area contributed by atoms with E-state index in [0.717, 1.165) is 0 Å². The zero-order valence-corrected chi connectivity index (χ0v) is 14.8. The topological polar surface area (TPSA) is 86.5 Å². The van der Waals surface area contributed by atoms with Crippen LogP contribution in [0.4, 0.5) is 0 Å². The lowest BCUT2D eigenvalue weighted by atomic mass is 10.0. The number of alkyl halides is 3. The second-order valence-electron chi connectivity index (χ2n) is 4.53. The molecular formula is C13H16Cl3NO4S. The van der Waals surface area contributed by atoms with Gasteiger partial charge in [-0.2, -0.15) is 0 Å². The summed E-state index contributed by atoms with van der Waals surface area (Å²) in [5.74, 6) is -2.79. The Bertz CT molecular complexity index is 601. The lowest BCUT2D eigenvalue weighted by molar-refractivity contribution is -0.148. The fourth-order valence-corrected chi connectivity index (χ4v) is 4.07. The van der Waals surface area contributed by atoms with Crippen molar-refractivity contribution in [2.24, 2.45) is 11.7 Å². The van der Waals surface area contributed by atoms with E-state index in [1.165, 1.54) is 12.1 Å². The lowest BCUT2D eigenvalue weighted by Gasteiger charge is -2.27. The molecule has 0 saturated heterocycles. The maximum absolute atomic E-state index is 12.3. The molecule has 0 heterocycles. The van der Waals surface area contributed by atoms with Crippen LogP contribution < -0.4 is 5.73 Å². The molecule has 0 aliphatic heterocycles. The number of halogens is 3. The Labute approximate surface area is 144 Å². The van der Waals surface area contributed by atoms with Crippen LogP contribution in [0.15, 0.2) is 35.2 Å². The van der Waals surface area contributed by atoms with Crippen molar-refractivity contribution in [2.45, 2.75) is 21.7 Å². The maximum Gasteiger partial charge on any atom is 0.314 e. The van der Waals surface area contributed by atoms with Gasteiger partial charge in [0.25, 0.3) is 0 Å². The standard InChI is InChI=1S/C13H16Cl3NO4S/c1-2-21-12(18)11(13(14,15)16)10(17)8-22(19,20)9-6-4-3-5-7-9/h3-7,10-11H,2,8,17H2,1H3. The Morgan fingerprint density at radius 2 is 1.82 bits per heavy atom. The van der Waals surface area contributed by atoms with E-state index in [2.05, 4.69) is 0 Å². The highest BCUT2D eigenvalue weighted by Crippen LogP contribution is 2.38. The molecule has 1 aromatic rings. The van der Waals surface area contributed by atoms with Gasteiger partial charge >= 0.3 is 5.97 Å². The summed E-state index contributed by atoms with van der Waals surface area (Å²) < 4.78 is 27.3. The number of carbonyl (C=O) groups excluding carboxylic acids is 1. The van der Waals surface area contributed by atoms with Crippen LogP contribution in [-0.2, 0) is 19.4 Å². The lowest BCUT2D eigenvalue weighted by Crippen LogP contribution is -2.48. The zero-order valence-electron chi connectivity index (χ0n) is 11.7. The first-order valence-corrected chi connectivity index (χ1v) is 9.15. The minimum atomic E-state index is -3.72. The van der Waals surface area contributed by atoms with Crippen molar-refractivity contribution in [3.05, 3.63) is 30.3 Å². The van der Waals surface area contributed by atoms with Gasteiger partial charge in [-0.3, -0.25) is 4.79 Å². The summed E-state index contributed by atoms with van der Waals surface area (Å²) in [5, 5.41) is 0. The largest absolute Gasteiger partial charge is 0.466 e. The van der Waals surface area contributed by atoms with Crippen molar-refractivity contribution in [3.63, 3.8) is 0 Å². The first-order valence-electron chi connectivity index (χ1n) is 6.36. The molecule has 1 rings (SSSR count). The molecule has 124 valence electrons. The molecule has 0 spiro atoms. The third-order valence-electron chi connectivity index (χ3n) is 2.84. The predicted octanol–water partition coefficient (Wildman–Crippen LogP) is 2.34. The monoisotopic (exact) mass is 387 g/mol. The van der Waals surface area contributed by atoms with Crippen molar-refractivity contribution < 1.29 is 17.9 Å². The van der Waals surface area contributed by atoms with Gasteiger partial charge in [-0.15, -0.1) is 0 Å². The van der Waals surface area contributed by atoms with Crippen LogP contribution in [0.5, 0.6) is 0 Å². The average molecular weight is 389 g/mol. The number of hydrogen-bond acceptors (Lipinski definition) is 5. The van der Waals surface area contributed by atoms with Gasteiger partial charge in [0.2, 0.25) is 3.79 Å². The summed E-state index contributed by atoms with van der Waals surface area (Å²) in [7, 11) is -3.72. The summed E-state index contributed by atoms with van der Waals surface area (Å²) in [4.78, 5) is 12.0. The average Bonchev–Trinajstić information content (AvgIpc) is 2.37. The Morgan fingerprint density at radius 1 is 1.27 bits per heavy atom. The van der Waals surface area contributed by atoms with Gasteiger partial charge in [-0.05, 0) is 19.1 Å². The van der Waals surface area contributed by atoms with Crippen molar-refractivity contribution in [1.82, 2.24) is 0 Å². The van der Waals surface area contributed by atoms with E-state index in [-0.39, 0.29) is 11.5 Å². The quantitative estimate of drug-likeness (QED) is 0.597. The first kappa shape index (κ1) is 19.5. The van der Waals surface area contributed by atoms with E-state index in [4.69, 9.17) is 45.3 Å². The van der Waals surface area contributed by atoms with E-state index in [9.17, 15) is 13.2 Å². The minimum Gasteiger partial charge on any atom is -0.466 e. The fourth-order valence-electron chi connectivity index (χ4n) is 1.86. The van der Waals surface area contributed by atoms with Crippen molar-refractivity contribution in [3.8, 4) is 0 Å². The predicted molar refractivity (Wildman–Crippen MR) is 86.9 cm³/mol. The van der Waals surface area contributed by atoms with Gasteiger partial charge in [-0.1, -0.05) is 53.0 Å². The van der Waals surface area contributed by atoms with Crippen LogP contribution in [0.1, 0.15) is 6.92 Å². The van der Waals surface area contributed by atoms with Crippen LogP contribution in [0.25, 0.3) is 0 Å². The van der Waals surface area contributed by atoms with Gasteiger partial charge in [0.05, 0.1) is 17.3 Å². The van der Waals surface area contributed by atoms with E-state index in [1.54, 1.807) is 25.1 Å². The van der Waals surface area contributed by atoms with Crippen LogP contribution in [0, 0.1) is 5.92 Å². The van der Waals surface area contributed by atoms with Crippen molar-refractivity contribution in [1.29, 1.82) is 0 Å². The smallest absolute Gasteiger partial charge is 0.314 e. The third kappa shape index (κ3) is 5.28. The molecule has 2 unspecified atom stereocenters. The van der Waals surface area contributed by atoms with E-state index >= 15 is 0 Å². The molecule has 1 aromatic carbocycles. The molecule has 0 saturated carbocycles. The fraction of sp³-hybridized carbons (Fsp3) is 0.462. The normalized spacial score (nSPS) is 15.1. The zero-order chi connectivity index (χ0) is 17.0. The molecule has 22 heavy (non-hydrogen) atoms. The summed E-state index contributed by atoms with van der Waals surface area (Å²) in [6.45, 7) is 1.65. The Morgan fingerprint density at radius 3 is 2.27 bits per heavy atom. The summed E-state index contributed by atoms with van der Waals surface area (Å²) in [5.41, 5.74) is 5.83. The molecule has 0 bridgehead atoms. The Hall–Kier alpha value is -0.530. The van der Waals surface area contributed by atoms with Crippen LogP contribution >= 0.6 is 34.8 Å². The Balaban J connectivity index is 3.01. The van der Waals surface area contributed by atoms with Gasteiger partial charge in [0.1, 0.15) is 5.92 Å². The molecule has 9 heteroatoms. The first-order chi connectivity index (χ1) is 10.1. The number of ether oxygens (including phenoxy) is 1. The Kier molecular flexibility index (Phi) is 6.95. The number of sulfone groups is 1. The van der Waals surface area contributed by atoms with Crippen molar-refractivity contribution >= 4 is 50.6 Å². The molecule has 2 N–H and O–H groups in total. The van der Waals surface area contributed by atoms with E-state index in [0.29, 0.717) is 0 Å². The molecule has 0 amide bonds. The van der Waals surface area contributed by atoms with Gasteiger partial charge < -0.3 is 10.5 Å². The van der Waals surface area contributed by atoms with E-state index in [1.807, 2.05) is 0 Å². The summed E-state index contributed by atoms with van der Waals surface area (Å²) in [6, 6.07) is 6.47. The molecular weight excluding hydrogens is 373 g/mol. The highest BCUT2D eigenvalue weighted by atomic mass is 35.6. The SMILES string of the molecule is CCOC(=O)C(C(N)CS(=O)(=O)c1ccccc1)C(Cl)(Cl)Cl. The van der Waals surface area contributed by atoms with Gasteiger partial charge in [-0.25, -0.2) is 8.42 Å². The van der Waals surface area contributed by atoms with Crippen molar-refractivity contribution in [2.75, 3.05) is 12.4 Å². The van der Waals surface area contributed by atoms with Gasteiger partial charge in [0, 0.05) is 6.04 Å². The van der Waals surface area contributed by atoms with E-state index < -0.39 is 37.3 Å². The summed E-state index contributed by atoms with van der Waals surface area (Å²) in [6.07, 6.45) is 0. The number of esters is 1. The second-order valence-corrected chi connectivity index (χ2v) is 8.93. The molecule has 0 aromatic heterocycles. The second kappa shape index (κ2) is 7.84.